The number of nitrogens with one attached hydrogen (secondary N) is 1. The van der Waals surface area contributed by atoms with Gasteiger partial charge in [-0.25, -0.2) is 0 Å². The number of amides is 1. The molecular formula is C58H109NO5. The van der Waals surface area contributed by atoms with Gasteiger partial charge in [-0.2, -0.15) is 0 Å². The minimum atomic E-state index is -0.669. The van der Waals surface area contributed by atoms with Crippen molar-refractivity contribution in [2.24, 2.45) is 0 Å². The Labute approximate surface area is 398 Å². The molecule has 6 nitrogen and oxygen atoms in total. The summed E-state index contributed by atoms with van der Waals surface area (Å²) in [6, 6.07) is -0.547. The van der Waals surface area contributed by atoms with Gasteiger partial charge < -0.3 is 20.3 Å². The predicted octanol–water partition coefficient (Wildman–Crippen LogP) is 17.2. The molecule has 0 aromatic rings. The number of aliphatic hydroxyl groups is 2. The molecule has 3 N–H and O–H groups in total. The van der Waals surface area contributed by atoms with Crippen LogP contribution in [0.15, 0.2) is 36.5 Å². The minimum absolute atomic E-state index is 0.00760. The molecule has 6 heteroatoms. The Balaban J connectivity index is 3.43. The summed E-state index contributed by atoms with van der Waals surface area (Å²) >= 11 is 0. The molecule has 0 rings (SSSR count). The lowest BCUT2D eigenvalue weighted by molar-refractivity contribution is -0.143. The molecule has 0 saturated carbocycles. The van der Waals surface area contributed by atoms with Crippen LogP contribution in [-0.4, -0.2) is 47.4 Å². The van der Waals surface area contributed by atoms with E-state index in [9.17, 15) is 19.8 Å². The van der Waals surface area contributed by atoms with E-state index in [4.69, 9.17) is 4.74 Å². The zero-order valence-corrected chi connectivity index (χ0v) is 42.8. The number of rotatable bonds is 52. The van der Waals surface area contributed by atoms with Crippen LogP contribution in [0.1, 0.15) is 296 Å². The average Bonchev–Trinajstić information content (AvgIpc) is 3.29. The summed E-state index contributed by atoms with van der Waals surface area (Å²) < 4.78 is 5.47. The summed E-state index contributed by atoms with van der Waals surface area (Å²) in [4.78, 5) is 24.5. The van der Waals surface area contributed by atoms with Crippen molar-refractivity contribution in [3.05, 3.63) is 36.5 Å². The second-order valence-electron chi connectivity index (χ2n) is 19.3. The number of esters is 1. The summed E-state index contributed by atoms with van der Waals surface area (Å²) in [5.41, 5.74) is 0. The Morgan fingerprint density at radius 2 is 0.781 bits per heavy atom. The highest BCUT2D eigenvalue weighted by Crippen LogP contribution is 2.16. The molecule has 2 unspecified atom stereocenters. The third kappa shape index (κ3) is 49.5. The fourth-order valence-electron chi connectivity index (χ4n) is 8.55. The van der Waals surface area contributed by atoms with Gasteiger partial charge in [0.05, 0.1) is 25.4 Å². The molecule has 0 aromatic carbocycles. The first-order chi connectivity index (χ1) is 31.5. The number of allylic oxidation sites excluding steroid dienone is 6. The summed E-state index contributed by atoms with van der Waals surface area (Å²) in [5, 5.41) is 23.2. The van der Waals surface area contributed by atoms with Gasteiger partial charge in [-0.05, 0) is 83.5 Å². The lowest BCUT2D eigenvalue weighted by atomic mass is 10.0. The fourth-order valence-corrected chi connectivity index (χ4v) is 8.55. The highest BCUT2D eigenvalue weighted by Gasteiger charge is 2.20. The smallest absolute Gasteiger partial charge is 0.305 e. The monoisotopic (exact) mass is 900 g/mol. The maximum absolute atomic E-state index is 12.4. The van der Waals surface area contributed by atoms with Crippen molar-refractivity contribution < 1.29 is 24.5 Å². The van der Waals surface area contributed by atoms with Gasteiger partial charge in [0.2, 0.25) is 5.91 Å². The van der Waals surface area contributed by atoms with Crippen LogP contribution in [0.5, 0.6) is 0 Å². The van der Waals surface area contributed by atoms with Crippen LogP contribution < -0.4 is 5.32 Å². The number of aliphatic hydroxyl groups excluding tert-OH is 2. The number of carbonyl (C=O) groups is 2. The van der Waals surface area contributed by atoms with Crippen molar-refractivity contribution in [1.29, 1.82) is 0 Å². The van der Waals surface area contributed by atoms with Crippen molar-refractivity contribution in [3.63, 3.8) is 0 Å². The molecule has 0 aliphatic carbocycles. The SMILES string of the molecule is CCCCCC/C=C\C/C=C\CCCCCCCC(=O)OCCCCCCCCCCC/C=C\CCCCCCCCCC(=O)NC(CO)C(O)CCCCCCCCCCCCC. The molecule has 0 radical (unpaired) electrons. The van der Waals surface area contributed by atoms with E-state index in [1.807, 2.05) is 0 Å². The highest BCUT2D eigenvalue weighted by molar-refractivity contribution is 5.76. The Morgan fingerprint density at radius 1 is 0.438 bits per heavy atom. The first-order valence-electron chi connectivity index (χ1n) is 28.2. The number of hydrogen-bond donors (Lipinski definition) is 3. The normalized spacial score (nSPS) is 12.9. The van der Waals surface area contributed by atoms with Crippen LogP contribution >= 0.6 is 0 Å². The van der Waals surface area contributed by atoms with Gasteiger partial charge in [0.1, 0.15) is 0 Å². The zero-order chi connectivity index (χ0) is 46.5. The summed E-state index contributed by atoms with van der Waals surface area (Å²) in [7, 11) is 0. The maximum Gasteiger partial charge on any atom is 0.305 e. The van der Waals surface area contributed by atoms with Crippen molar-refractivity contribution in [1.82, 2.24) is 5.32 Å². The molecule has 2 atom stereocenters. The first kappa shape index (κ1) is 62.1. The summed E-state index contributed by atoms with van der Waals surface area (Å²) in [5.74, 6) is -0.0528. The number of carbonyl (C=O) groups excluding carboxylic acids is 2. The Hall–Kier alpha value is -1.92. The van der Waals surface area contributed by atoms with Gasteiger partial charge in [0.25, 0.3) is 0 Å². The van der Waals surface area contributed by atoms with E-state index in [0.29, 0.717) is 25.9 Å². The number of ether oxygens (including phenoxy) is 1. The van der Waals surface area contributed by atoms with Crippen molar-refractivity contribution >= 4 is 11.9 Å². The fraction of sp³-hybridized carbons (Fsp3) is 0.862. The van der Waals surface area contributed by atoms with Crippen molar-refractivity contribution in [2.45, 2.75) is 309 Å². The summed E-state index contributed by atoms with van der Waals surface area (Å²) in [6.45, 7) is 4.91. The number of unbranched alkanes of at least 4 members (excludes halogenated alkanes) is 35. The Bertz CT molecular complexity index is 1040. The molecule has 0 bridgehead atoms. The molecule has 0 spiro atoms. The third-order valence-electron chi connectivity index (χ3n) is 12.9. The van der Waals surface area contributed by atoms with Gasteiger partial charge in [0, 0.05) is 12.8 Å². The maximum atomic E-state index is 12.4. The molecule has 0 fully saturated rings. The number of hydrogen-bond acceptors (Lipinski definition) is 5. The van der Waals surface area contributed by atoms with E-state index >= 15 is 0 Å². The Morgan fingerprint density at radius 3 is 1.22 bits per heavy atom. The lowest BCUT2D eigenvalue weighted by Crippen LogP contribution is -2.45. The van der Waals surface area contributed by atoms with E-state index in [2.05, 4.69) is 55.6 Å². The molecule has 0 aliphatic rings. The highest BCUT2D eigenvalue weighted by atomic mass is 16.5. The molecule has 1 amide bonds. The van der Waals surface area contributed by atoms with Gasteiger partial charge in [0.15, 0.2) is 0 Å². The topological polar surface area (TPSA) is 95.9 Å². The molecule has 0 heterocycles. The second kappa shape index (κ2) is 53.7. The van der Waals surface area contributed by atoms with E-state index in [1.165, 1.54) is 212 Å². The van der Waals surface area contributed by atoms with Gasteiger partial charge >= 0.3 is 5.97 Å². The minimum Gasteiger partial charge on any atom is -0.466 e. The first-order valence-corrected chi connectivity index (χ1v) is 28.2. The molecule has 376 valence electrons. The van der Waals surface area contributed by atoms with E-state index in [-0.39, 0.29) is 18.5 Å². The van der Waals surface area contributed by atoms with Crippen LogP contribution in [0.25, 0.3) is 0 Å². The van der Waals surface area contributed by atoms with E-state index < -0.39 is 12.1 Å². The molecule has 0 saturated heterocycles. The van der Waals surface area contributed by atoms with Gasteiger partial charge in [-0.1, -0.05) is 237 Å². The van der Waals surface area contributed by atoms with Crippen LogP contribution in [0.3, 0.4) is 0 Å². The zero-order valence-electron chi connectivity index (χ0n) is 42.8. The molecular weight excluding hydrogens is 791 g/mol. The lowest BCUT2D eigenvalue weighted by Gasteiger charge is -2.22. The predicted molar refractivity (Wildman–Crippen MR) is 278 cm³/mol. The van der Waals surface area contributed by atoms with E-state index in [0.717, 1.165) is 51.4 Å². The van der Waals surface area contributed by atoms with E-state index in [1.54, 1.807) is 0 Å². The standard InChI is InChI=1S/C58H109NO5/c1-3-5-7-9-11-13-15-16-17-25-28-32-36-40-44-48-52-58(63)64-53-49-45-41-37-33-29-26-23-21-19-18-20-22-24-27-31-35-39-43-47-51-57(62)59-55(54-60)56(61)50-46-42-38-34-30-14-12-10-8-6-4-2/h13,15,17-18,20,25,55-56,60-61H,3-12,14,16,19,21-24,26-54H2,1-2H3,(H,59,62)/b15-13-,20-18-,25-17-. The molecule has 64 heavy (non-hydrogen) atoms. The average molecular weight is 901 g/mol. The molecule has 0 aromatic heterocycles. The second-order valence-corrected chi connectivity index (χ2v) is 19.3. The van der Waals surface area contributed by atoms with Crippen molar-refractivity contribution in [3.8, 4) is 0 Å². The largest absolute Gasteiger partial charge is 0.466 e. The van der Waals surface area contributed by atoms with Crippen LogP contribution in [-0.2, 0) is 14.3 Å². The van der Waals surface area contributed by atoms with Gasteiger partial charge in [-0.3, -0.25) is 9.59 Å². The third-order valence-corrected chi connectivity index (χ3v) is 12.9. The summed E-state index contributed by atoms with van der Waals surface area (Å²) in [6.07, 6.45) is 65.6. The van der Waals surface area contributed by atoms with Crippen LogP contribution in [0.2, 0.25) is 0 Å². The molecule has 0 aliphatic heterocycles. The van der Waals surface area contributed by atoms with Gasteiger partial charge in [-0.15, -0.1) is 0 Å². The quantitative estimate of drug-likeness (QED) is 0.0321. The Kier molecular flexibility index (Phi) is 52.1. The van der Waals surface area contributed by atoms with Crippen LogP contribution in [0.4, 0.5) is 0 Å². The van der Waals surface area contributed by atoms with Crippen LogP contribution in [0, 0.1) is 0 Å². The van der Waals surface area contributed by atoms with Crippen molar-refractivity contribution in [2.75, 3.05) is 13.2 Å².